The van der Waals surface area contributed by atoms with E-state index in [1.54, 1.807) is 4.90 Å². The number of anilines is 1. The number of carbonyl (C=O) groups is 2. The minimum Gasteiger partial charge on any atom is -0.493 e. The Morgan fingerprint density at radius 1 is 1.11 bits per heavy atom. The highest BCUT2D eigenvalue weighted by Crippen LogP contribution is 2.32. The molecule has 0 N–H and O–H groups in total. The van der Waals surface area contributed by atoms with Gasteiger partial charge in [0.25, 0.3) is 0 Å². The molecule has 3 heterocycles. The zero-order valence-corrected chi connectivity index (χ0v) is 21.3. The molecule has 0 saturated carbocycles. The monoisotopic (exact) mass is 492 g/mol. The van der Waals surface area contributed by atoms with Crippen molar-refractivity contribution in [2.45, 2.75) is 58.3 Å². The van der Waals surface area contributed by atoms with E-state index in [0.29, 0.717) is 38.0 Å². The fraction of sp³-hybridized carbons (Fsp3) is 0.571. The first-order valence-corrected chi connectivity index (χ1v) is 13.3. The van der Waals surface area contributed by atoms with Crippen molar-refractivity contribution < 1.29 is 18.8 Å². The van der Waals surface area contributed by atoms with Gasteiger partial charge in [-0.2, -0.15) is 4.98 Å². The fourth-order valence-corrected chi connectivity index (χ4v) is 5.26. The van der Waals surface area contributed by atoms with Gasteiger partial charge in [0, 0.05) is 37.9 Å². The number of allylic oxidation sites excluding steroid dienone is 2. The summed E-state index contributed by atoms with van der Waals surface area (Å²) in [7, 11) is 0. The van der Waals surface area contributed by atoms with Crippen molar-refractivity contribution in [2.75, 3.05) is 37.7 Å². The molecule has 1 aromatic heterocycles. The predicted octanol–water partition coefficient (Wildman–Crippen LogP) is 4.47. The van der Waals surface area contributed by atoms with Crippen LogP contribution in [0.1, 0.15) is 69.7 Å². The van der Waals surface area contributed by atoms with Gasteiger partial charge in [-0.25, -0.2) is 0 Å². The van der Waals surface area contributed by atoms with E-state index in [2.05, 4.69) is 47.1 Å². The molecule has 36 heavy (non-hydrogen) atoms. The molecule has 2 saturated heterocycles. The van der Waals surface area contributed by atoms with Crippen molar-refractivity contribution in [2.24, 2.45) is 11.8 Å². The van der Waals surface area contributed by atoms with Gasteiger partial charge in [-0.1, -0.05) is 37.2 Å². The lowest BCUT2D eigenvalue weighted by molar-refractivity contribution is -0.135. The molecule has 0 bridgehead atoms. The van der Waals surface area contributed by atoms with Crippen molar-refractivity contribution in [3.63, 3.8) is 0 Å². The summed E-state index contributed by atoms with van der Waals surface area (Å²) in [6.07, 6.45) is 7.25. The van der Waals surface area contributed by atoms with Gasteiger partial charge in [0.2, 0.25) is 5.91 Å². The molecule has 1 aliphatic carbocycles. The van der Waals surface area contributed by atoms with Crippen LogP contribution in [0.15, 0.2) is 34.9 Å². The highest BCUT2D eigenvalue weighted by atomic mass is 16.5. The highest BCUT2D eigenvalue weighted by Gasteiger charge is 2.30. The van der Waals surface area contributed by atoms with Crippen LogP contribution < -0.4 is 9.64 Å². The summed E-state index contributed by atoms with van der Waals surface area (Å²) in [5.74, 6) is 2.75. The zero-order chi connectivity index (χ0) is 25.1. The molecule has 1 unspecified atom stereocenters. The van der Waals surface area contributed by atoms with Crippen LogP contribution in [0.25, 0.3) is 5.57 Å². The van der Waals surface area contributed by atoms with Gasteiger partial charge >= 0.3 is 6.01 Å². The highest BCUT2D eigenvalue weighted by molar-refractivity contribution is 5.90. The Morgan fingerprint density at radius 2 is 1.89 bits per heavy atom. The summed E-state index contributed by atoms with van der Waals surface area (Å²) >= 11 is 0. The van der Waals surface area contributed by atoms with Crippen LogP contribution in [0.3, 0.4) is 0 Å². The van der Waals surface area contributed by atoms with Crippen molar-refractivity contribution in [1.29, 1.82) is 0 Å². The van der Waals surface area contributed by atoms with Gasteiger partial charge < -0.3 is 19.1 Å². The first-order valence-electron chi connectivity index (χ1n) is 13.3. The molecule has 0 radical (unpaired) electrons. The normalized spacial score (nSPS) is 21.2. The Labute approximate surface area is 212 Å². The third kappa shape index (κ3) is 5.63. The van der Waals surface area contributed by atoms with E-state index < -0.39 is 0 Å². The molecular weight excluding hydrogens is 456 g/mol. The van der Waals surface area contributed by atoms with Crippen LogP contribution in [0.4, 0.5) is 6.01 Å². The third-order valence-electron chi connectivity index (χ3n) is 7.64. The number of nitrogens with zero attached hydrogens (tertiary/aromatic N) is 4. The number of ether oxygens (including phenoxy) is 1. The summed E-state index contributed by atoms with van der Waals surface area (Å²) < 4.78 is 11.5. The van der Waals surface area contributed by atoms with E-state index in [0.717, 1.165) is 56.8 Å². The average Bonchev–Trinajstić information content (AvgIpc) is 3.58. The maximum Gasteiger partial charge on any atom is 0.324 e. The van der Waals surface area contributed by atoms with Crippen LogP contribution in [-0.4, -0.2) is 59.5 Å². The molecule has 5 rings (SSSR count). The Kier molecular flexibility index (Phi) is 7.39. The molecule has 8 heteroatoms. The minimum atomic E-state index is 0.00533. The summed E-state index contributed by atoms with van der Waals surface area (Å²) in [5, 5.41) is 4.07. The number of likely N-dealkylation sites (tertiary alicyclic amines) is 1. The number of benzene rings is 1. The van der Waals surface area contributed by atoms with Gasteiger partial charge in [-0.05, 0) is 61.3 Å². The van der Waals surface area contributed by atoms with Crippen LogP contribution >= 0.6 is 0 Å². The van der Waals surface area contributed by atoms with E-state index >= 15 is 0 Å². The fourth-order valence-electron chi connectivity index (χ4n) is 5.26. The van der Waals surface area contributed by atoms with Crippen LogP contribution in [0.2, 0.25) is 0 Å². The molecule has 1 amide bonds. The predicted molar refractivity (Wildman–Crippen MR) is 137 cm³/mol. The Bertz CT molecular complexity index is 1100. The average molecular weight is 493 g/mol. The van der Waals surface area contributed by atoms with Crippen LogP contribution in [0, 0.1) is 11.8 Å². The summed E-state index contributed by atoms with van der Waals surface area (Å²) in [6.45, 7) is 7.52. The number of ketones is 1. The molecule has 3 aliphatic rings. The van der Waals surface area contributed by atoms with Crippen LogP contribution in [-0.2, 0) is 9.59 Å². The lowest BCUT2D eigenvalue weighted by Crippen LogP contribution is -2.35. The second-order valence-electron chi connectivity index (χ2n) is 10.6. The number of piperidine rings is 1. The number of Topliss-reactive ketones (excluding diaryl/α,β-unsaturated/α-hetero) is 1. The van der Waals surface area contributed by atoms with Crippen molar-refractivity contribution >= 4 is 23.3 Å². The molecule has 0 spiro atoms. The van der Waals surface area contributed by atoms with Crippen molar-refractivity contribution in [1.82, 2.24) is 15.0 Å². The van der Waals surface area contributed by atoms with E-state index in [9.17, 15) is 9.59 Å². The SMILES string of the molecule is CC(C)c1noc(N2CCC(COc3ccc(C4=CCC(C(=O)N5CCC(=O)C5)CC4)cc3)CC2)n1. The largest absolute Gasteiger partial charge is 0.493 e. The van der Waals surface area contributed by atoms with E-state index in [1.807, 2.05) is 12.1 Å². The number of hydrogen-bond acceptors (Lipinski definition) is 7. The first-order chi connectivity index (χ1) is 17.5. The maximum absolute atomic E-state index is 12.7. The molecule has 2 fully saturated rings. The minimum absolute atomic E-state index is 0.00533. The molecule has 192 valence electrons. The summed E-state index contributed by atoms with van der Waals surface area (Å²) in [5.41, 5.74) is 2.48. The third-order valence-corrected chi connectivity index (χ3v) is 7.64. The maximum atomic E-state index is 12.7. The zero-order valence-electron chi connectivity index (χ0n) is 21.3. The molecule has 1 aromatic carbocycles. The molecule has 1 atom stereocenters. The number of hydrogen-bond donors (Lipinski definition) is 0. The van der Waals surface area contributed by atoms with Crippen LogP contribution in [0.5, 0.6) is 5.75 Å². The quantitative estimate of drug-likeness (QED) is 0.563. The topological polar surface area (TPSA) is 88.8 Å². The van der Waals surface area contributed by atoms with Gasteiger partial charge in [0.1, 0.15) is 5.75 Å². The van der Waals surface area contributed by atoms with Gasteiger partial charge in [0.15, 0.2) is 11.6 Å². The Morgan fingerprint density at radius 3 is 2.50 bits per heavy atom. The number of carbonyl (C=O) groups excluding carboxylic acids is 2. The standard InChI is InChI=1S/C28H36N4O4/c1-19(2)26-29-28(36-30-26)31-14-11-20(12-15-31)18-35-25-9-7-22(8-10-25)21-3-5-23(6-4-21)27(34)32-16-13-24(33)17-32/h3,7-10,19-20,23H,4-6,11-18H2,1-2H3. The smallest absolute Gasteiger partial charge is 0.324 e. The molecule has 8 nitrogen and oxygen atoms in total. The van der Waals surface area contributed by atoms with Gasteiger partial charge in [-0.3, -0.25) is 9.59 Å². The second kappa shape index (κ2) is 10.8. The summed E-state index contributed by atoms with van der Waals surface area (Å²) in [4.78, 5) is 32.6. The number of amides is 1. The van der Waals surface area contributed by atoms with Crippen molar-refractivity contribution in [3.05, 3.63) is 41.7 Å². The summed E-state index contributed by atoms with van der Waals surface area (Å²) in [6, 6.07) is 8.96. The number of rotatable bonds is 7. The Balaban J connectivity index is 1.07. The lowest BCUT2D eigenvalue weighted by atomic mass is 9.86. The van der Waals surface area contributed by atoms with E-state index in [4.69, 9.17) is 9.26 Å². The van der Waals surface area contributed by atoms with Gasteiger partial charge in [0.05, 0.1) is 13.2 Å². The molecule has 2 aromatic rings. The Hall–Kier alpha value is -3.16. The first kappa shape index (κ1) is 24.5. The second-order valence-corrected chi connectivity index (χ2v) is 10.6. The molecule has 2 aliphatic heterocycles. The van der Waals surface area contributed by atoms with Gasteiger partial charge in [-0.15, -0.1) is 0 Å². The number of aromatic nitrogens is 2. The van der Waals surface area contributed by atoms with E-state index in [-0.39, 0.29) is 23.5 Å². The van der Waals surface area contributed by atoms with E-state index in [1.165, 1.54) is 11.1 Å². The molecular formula is C28H36N4O4. The lowest BCUT2D eigenvalue weighted by Gasteiger charge is -2.30. The van der Waals surface area contributed by atoms with Crippen molar-refractivity contribution in [3.8, 4) is 5.75 Å².